The van der Waals surface area contributed by atoms with Crippen LogP contribution in [0.3, 0.4) is 0 Å². The van der Waals surface area contributed by atoms with Crippen molar-refractivity contribution in [2.75, 3.05) is 39.5 Å². The number of rotatable bonds is 8. The van der Waals surface area contributed by atoms with Crippen LogP contribution < -0.4 is 19.6 Å². The monoisotopic (exact) mass is 506 g/mol. The van der Waals surface area contributed by atoms with Crippen LogP contribution in [0, 0.1) is 0 Å². The predicted molar refractivity (Wildman–Crippen MR) is 130 cm³/mol. The van der Waals surface area contributed by atoms with Gasteiger partial charge >= 0.3 is 0 Å². The first-order valence-corrected chi connectivity index (χ1v) is 12.3. The molecule has 0 aliphatic heterocycles. The zero-order valence-corrected chi connectivity index (χ0v) is 20.6. The van der Waals surface area contributed by atoms with Gasteiger partial charge in [0.25, 0.3) is 0 Å². The smallest absolute Gasteiger partial charge is 0.203 e. The first-order chi connectivity index (χ1) is 15.1. The Labute approximate surface area is 195 Å². The largest absolute Gasteiger partial charge is 0.493 e. The van der Waals surface area contributed by atoms with Crippen molar-refractivity contribution in [3.8, 4) is 28.4 Å². The molecule has 0 N–H and O–H groups in total. The second-order valence-electron chi connectivity index (χ2n) is 6.95. The molecule has 1 aliphatic rings. The van der Waals surface area contributed by atoms with Crippen molar-refractivity contribution in [2.45, 2.75) is 23.8 Å². The van der Waals surface area contributed by atoms with E-state index in [0.717, 1.165) is 40.4 Å². The van der Waals surface area contributed by atoms with Gasteiger partial charge in [0.05, 0.1) is 38.9 Å². The molecule has 0 aromatic heterocycles. The summed E-state index contributed by atoms with van der Waals surface area (Å²) in [7, 11) is 4.83. The van der Waals surface area contributed by atoms with E-state index in [9.17, 15) is 4.79 Å². The second-order valence-corrected chi connectivity index (χ2v) is 8.44. The third kappa shape index (κ3) is 4.94. The van der Waals surface area contributed by atoms with Crippen molar-refractivity contribution in [2.24, 2.45) is 0 Å². The summed E-state index contributed by atoms with van der Waals surface area (Å²) in [6.45, 7) is 0.470. The summed E-state index contributed by atoms with van der Waals surface area (Å²) >= 11 is 4.82. The summed E-state index contributed by atoms with van der Waals surface area (Å²) < 4.78 is 23.2. The summed E-state index contributed by atoms with van der Waals surface area (Å²) in [4.78, 5) is 13.6. The number of halogens is 1. The summed E-state index contributed by atoms with van der Waals surface area (Å²) in [6, 6.07) is 7.57. The third-order valence-electron chi connectivity index (χ3n) is 5.31. The lowest BCUT2D eigenvalue weighted by atomic mass is 9.96. The molecule has 0 saturated carbocycles. The molecular weight excluding hydrogens is 480 g/mol. The lowest BCUT2D eigenvalue weighted by Gasteiger charge is -2.19. The molecule has 0 spiro atoms. The van der Waals surface area contributed by atoms with E-state index in [-0.39, 0.29) is 11.5 Å². The average Bonchev–Trinajstić information content (AvgIpc) is 3.03. The average molecular weight is 507 g/mol. The minimum atomic E-state index is -0.223. The zero-order chi connectivity index (χ0) is 22.4. The van der Waals surface area contributed by atoms with Crippen molar-refractivity contribution >= 4 is 27.7 Å². The molecular formula is C24H27BrO5S. The van der Waals surface area contributed by atoms with Gasteiger partial charge in [0.1, 0.15) is 0 Å². The normalized spacial score (nSPS) is 15.2. The number of alkyl halides is 1. The molecule has 0 saturated heterocycles. The van der Waals surface area contributed by atoms with Gasteiger partial charge in [-0.05, 0) is 54.0 Å². The first kappa shape index (κ1) is 23.7. The Hall–Kier alpha value is -1.96. The second kappa shape index (κ2) is 11.1. The number of hydrogen-bond acceptors (Lipinski definition) is 6. The van der Waals surface area contributed by atoms with Crippen LogP contribution in [-0.4, -0.2) is 39.5 Å². The predicted octanol–water partition coefficient (Wildman–Crippen LogP) is 5.42. The molecule has 2 aromatic carbocycles. The Morgan fingerprint density at radius 1 is 1.10 bits per heavy atom. The quantitative estimate of drug-likeness (QED) is 0.270. The lowest BCUT2D eigenvalue weighted by molar-refractivity contribution is 0.0686. The van der Waals surface area contributed by atoms with Gasteiger partial charge in [-0.3, -0.25) is 4.79 Å². The Bertz CT molecular complexity index is 1020. The molecule has 1 atom stereocenters. The molecule has 0 amide bonds. The lowest BCUT2D eigenvalue weighted by Crippen LogP contribution is -2.08. The van der Waals surface area contributed by atoms with Gasteiger partial charge in [-0.15, -0.1) is 11.8 Å². The molecule has 0 heterocycles. The molecule has 2 aromatic rings. The van der Waals surface area contributed by atoms with E-state index in [2.05, 4.69) is 15.9 Å². The SMILES string of the molecule is COc1cc2c(c(OC)c1OC)-c1ccc(SC)c(=O)cc1[C@@H](OC/C=C/CBr)CC2. The topological polar surface area (TPSA) is 54.0 Å². The number of aryl methyl sites for hydroxylation is 1. The van der Waals surface area contributed by atoms with E-state index < -0.39 is 0 Å². The molecule has 31 heavy (non-hydrogen) atoms. The van der Waals surface area contributed by atoms with Crippen molar-refractivity contribution in [1.82, 2.24) is 0 Å². The van der Waals surface area contributed by atoms with Crippen LogP contribution >= 0.6 is 27.7 Å². The summed E-state index contributed by atoms with van der Waals surface area (Å²) in [5.41, 5.74) is 3.75. The Morgan fingerprint density at radius 3 is 2.52 bits per heavy atom. The number of hydrogen-bond donors (Lipinski definition) is 0. The van der Waals surface area contributed by atoms with Crippen LogP contribution in [0.4, 0.5) is 0 Å². The van der Waals surface area contributed by atoms with Crippen LogP contribution in [0.1, 0.15) is 23.7 Å². The van der Waals surface area contributed by atoms with E-state index in [1.807, 2.05) is 36.6 Å². The fourth-order valence-electron chi connectivity index (χ4n) is 3.91. The molecule has 1 aliphatic carbocycles. The van der Waals surface area contributed by atoms with Gasteiger partial charge in [-0.25, -0.2) is 0 Å². The maximum Gasteiger partial charge on any atom is 0.203 e. The maximum atomic E-state index is 12.9. The third-order valence-corrected chi connectivity index (χ3v) is 6.47. The van der Waals surface area contributed by atoms with Crippen molar-refractivity contribution in [1.29, 1.82) is 0 Å². The fraction of sp³-hybridized carbons (Fsp3) is 0.375. The van der Waals surface area contributed by atoms with E-state index >= 15 is 0 Å². The van der Waals surface area contributed by atoms with Gasteiger partial charge in [0.15, 0.2) is 16.9 Å². The van der Waals surface area contributed by atoms with Crippen LogP contribution in [0.15, 0.2) is 46.1 Å². The fourth-order valence-corrected chi connectivity index (χ4v) is 4.64. The number of allylic oxidation sites excluding steroid dienone is 1. The highest BCUT2D eigenvalue weighted by molar-refractivity contribution is 9.09. The van der Waals surface area contributed by atoms with E-state index in [4.69, 9.17) is 18.9 Å². The van der Waals surface area contributed by atoms with Gasteiger partial charge in [0.2, 0.25) is 5.75 Å². The number of fused-ring (bicyclic) bond motifs is 3. The number of methoxy groups -OCH3 is 3. The molecule has 0 bridgehead atoms. The Balaban J connectivity index is 2.28. The molecule has 5 nitrogen and oxygen atoms in total. The maximum absolute atomic E-state index is 12.9. The highest BCUT2D eigenvalue weighted by Crippen LogP contribution is 2.50. The zero-order valence-electron chi connectivity index (χ0n) is 18.2. The molecule has 166 valence electrons. The molecule has 7 heteroatoms. The van der Waals surface area contributed by atoms with Gasteiger partial charge in [0, 0.05) is 10.9 Å². The number of thioether (sulfide) groups is 1. The Morgan fingerprint density at radius 2 is 1.87 bits per heavy atom. The van der Waals surface area contributed by atoms with E-state index in [1.165, 1.54) is 11.8 Å². The summed E-state index contributed by atoms with van der Waals surface area (Å²) in [5.74, 6) is 1.75. The van der Waals surface area contributed by atoms with E-state index in [0.29, 0.717) is 28.8 Å². The minimum absolute atomic E-state index is 0.0127. The molecule has 0 unspecified atom stereocenters. The van der Waals surface area contributed by atoms with Gasteiger partial charge in [-0.2, -0.15) is 0 Å². The molecule has 0 fully saturated rings. The van der Waals surface area contributed by atoms with Crippen LogP contribution in [0.2, 0.25) is 0 Å². The Kier molecular flexibility index (Phi) is 8.46. The summed E-state index contributed by atoms with van der Waals surface area (Å²) in [5, 5.41) is 0.774. The summed E-state index contributed by atoms with van der Waals surface area (Å²) in [6.07, 6.45) is 7.15. The van der Waals surface area contributed by atoms with Crippen LogP contribution in [0.25, 0.3) is 11.1 Å². The van der Waals surface area contributed by atoms with Crippen LogP contribution in [-0.2, 0) is 11.2 Å². The molecule has 3 rings (SSSR count). The highest BCUT2D eigenvalue weighted by Gasteiger charge is 2.29. The standard InChI is InChI=1S/C24H27BrO5S/c1-27-20-13-15-7-9-19(30-12-6-5-11-25)17-14-18(26)21(31-4)10-8-16(17)22(15)24(29-3)23(20)28-2/h5-6,8,10,13-14,19H,7,9,11-12H2,1-4H3/b6-5+/t19-/m0/s1. The van der Waals surface area contributed by atoms with Crippen molar-refractivity contribution < 1.29 is 18.9 Å². The molecule has 0 radical (unpaired) electrons. The minimum Gasteiger partial charge on any atom is -0.493 e. The number of ether oxygens (including phenoxy) is 4. The first-order valence-electron chi connectivity index (χ1n) is 9.96. The van der Waals surface area contributed by atoms with Gasteiger partial charge in [-0.1, -0.05) is 34.1 Å². The number of benzene rings is 1. The van der Waals surface area contributed by atoms with Crippen molar-refractivity contribution in [3.63, 3.8) is 0 Å². The van der Waals surface area contributed by atoms with Crippen molar-refractivity contribution in [3.05, 3.63) is 57.8 Å². The van der Waals surface area contributed by atoms with Crippen LogP contribution in [0.5, 0.6) is 17.2 Å². The van der Waals surface area contributed by atoms with Gasteiger partial charge < -0.3 is 18.9 Å². The highest BCUT2D eigenvalue weighted by atomic mass is 79.9. The van der Waals surface area contributed by atoms with E-state index in [1.54, 1.807) is 27.4 Å².